The van der Waals surface area contributed by atoms with E-state index < -0.39 is 0 Å². The molecule has 0 amide bonds. The largest absolute Gasteiger partial charge is 2.00 e. The summed E-state index contributed by atoms with van der Waals surface area (Å²) in [4.78, 5) is 21.0. The molecule has 8 bridgehead atoms. The standard InChI is InChI=1S/C36H44N4.2C8H11P.V/c1-9-21-22(10-2)30-18-32-25(13-5)26(14-6)34(39-32)20-36-28(16-8)27(15-7)35(40-36)19-33-24(12-4)23(11-3)31(38-33)17-29(21)37-30;2*1-9(2)8-6-4-3-5-7-8;/h17-20H,9-16H2,1-8H3;2*3-7H,1-2H3;/q-2;;;+2/p+2. The van der Waals surface area contributed by atoms with Gasteiger partial charge in [0.2, 0.25) is 0 Å². The normalized spacial score (nSPS) is 12.3. The molecule has 2 aliphatic heterocycles. The molecule has 4 nitrogen and oxygen atoms in total. The first-order valence-corrected chi connectivity index (χ1v) is 26.9. The van der Waals surface area contributed by atoms with Crippen molar-refractivity contribution in [2.45, 2.75) is 107 Å². The van der Waals surface area contributed by atoms with Gasteiger partial charge in [-0.1, -0.05) is 132 Å². The van der Waals surface area contributed by atoms with E-state index in [-0.39, 0.29) is 34.4 Å². The van der Waals surface area contributed by atoms with Gasteiger partial charge in [0, 0.05) is 15.8 Å². The van der Waals surface area contributed by atoms with E-state index in [0.29, 0.717) is 0 Å². The van der Waals surface area contributed by atoms with Crippen LogP contribution >= 0.6 is 15.8 Å². The Morgan fingerprint density at radius 1 is 0.373 bits per heavy atom. The summed E-state index contributed by atoms with van der Waals surface area (Å²) in [5.74, 6) is 0. The molecule has 0 unspecified atom stereocenters. The summed E-state index contributed by atoms with van der Waals surface area (Å²) < 4.78 is 0. The van der Waals surface area contributed by atoms with Crippen molar-refractivity contribution < 1.29 is 18.6 Å². The Morgan fingerprint density at radius 3 is 0.881 bits per heavy atom. The van der Waals surface area contributed by atoms with Crippen molar-refractivity contribution in [3.05, 3.63) is 130 Å². The summed E-state index contributed by atoms with van der Waals surface area (Å²) >= 11 is 0. The molecule has 5 heterocycles. The van der Waals surface area contributed by atoms with Crippen LogP contribution < -0.4 is 20.6 Å². The molecular formula is C52H68N4P2V+2. The Labute approximate surface area is 370 Å². The van der Waals surface area contributed by atoms with Crippen LogP contribution in [0.2, 0.25) is 0 Å². The molecule has 0 N–H and O–H groups in total. The summed E-state index contributed by atoms with van der Waals surface area (Å²) in [7, 11) is -0.424. The maximum atomic E-state index is 5.25. The summed E-state index contributed by atoms with van der Waals surface area (Å²) in [6.07, 6.45) is 7.60. The summed E-state index contributed by atoms with van der Waals surface area (Å²) in [6, 6.07) is 30.3. The molecule has 0 atom stereocenters. The van der Waals surface area contributed by atoms with Crippen molar-refractivity contribution in [2.75, 3.05) is 26.7 Å². The Balaban J connectivity index is 0.000000332. The second-order valence-corrected chi connectivity index (χ2v) is 20.7. The SMILES string of the molecule is CCC1=C(CC)c2cc3[n-]c(cc4[n-]c(cc5nc(cc1n2)C(CC)=C5CC)c(CC)c4CC)c(CC)c3CC.C[PH+](C)c1ccccc1.C[PH+](C)c1ccccc1.[V+2]. The van der Waals surface area contributed by atoms with Crippen LogP contribution in [0.15, 0.2) is 84.9 Å². The Kier molecular flexibility index (Phi) is 18.7. The van der Waals surface area contributed by atoms with Crippen LogP contribution in [0.3, 0.4) is 0 Å². The van der Waals surface area contributed by atoms with Gasteiger partial charge in [-0.25, -0.2) is 9.97 Å². The van der Waals surface area contributed by atoms with Gasteiger partial charge in [-0.3, -0.25) is 0 Å². The topological polar surface area (TPSA) is 54.0 Å². The van der Waals surface area contributed by atoms with Crippen molar-refractivity contribution >= 4 is 70.8 Å². The van der Waals surface area contributed by atoms with Crippen molar-refractivity contribution in [1.82, 2.24) is 19.9 Å². The zero-order valence-corrected chi connectivity index (χ0v) is 41.4. The van der Waals surface area contributed by atoms with E-state index >= 15 is 0 Å². The van der Waals surface area contributed by atoms with Crippen LogP contribution in [0.1, 0.15) is 126 Å². The van der Waals surface area contributed by atoms with Crippen LogP contribution in [0, 0.1) is 0 Å². The van der Waals surface area contributed by atoms with E-state index in [0.717, 1.165) is 96.2 Å². The number of benzene rings is 2. The number of aryl methyl sites for hydroxylation is 4. The first-order chi connectivity index (χ1) is 28.1. The average Bonchev–Trinajstić information content (AvgIpc) is 3.97. The minimum absolute atomic E-state index is 0. The van der Waals surface area contributed by atoms with Crippen molar-refractivity contribution in [3.63, 3.8) is 0 Å². The van der Waals surface area contributed by atoms with Crippen molar-refractivity contribution in [2.24, 2.45) is 0 Å². The molecule has 7 heteroatoms. The molecule has 7 rings (SSSR count). The van der Waals surface area contributed by atoms with E-state index in [9.17, 15) is 0 Å². The maximum Gasteiger partial charge on any atom is 2.00 e. The Morgan fingerprint density at radius 2 is 0.644 bits per heavy atom. The van der Waals surface area contributed by atoms with Gasteiger partial charge in [0.1, 0.15) is 0 Å². The second-order valence-electron chi connectivity index (χ2n) is 15.5. The number of rotatable bonds is 10. The van der Waals surface area contributed by atoms with E-state index in [1.54, 1.807) is 0 Å². The Hall–Kier alpha value is -3.52. The smallest absolute Gasteiger partial charge is 0.657 e. The monoisotopic (exact) mass is 861 g/mol. The molecule has 0 saturated heterocycles. The van der Waals surface area contributed by atoms with E-state index in [1.807, 2.05) is 0 Å². The number of fused-ring (bicyclic) bond motifs is 8. The molecule has 0 aliphatic carbocycles. The predicted octanol–water partition coefficient (Wildman–Crippen LogP) is 12.9. The summed E-state index contributed by atoms with van der Waals surface area (Å²) in [5, 5.41) is 3.03. The first-order valence-electron chi connectivity index (χ1n) is 21.9. The zero-order chi connectivity index (χ0) is 41.9. The molecule has 0 fully saturated rings. The third-order valence-corrected chi connectivity index (χ3v) is 14.5. The molecule has 5 aromatic rings. The predicted molar refractivity (Wildman–Crippen MR) is 264 cm³/mol. The molecule has 59 heavy (non-hydrogen) atoms. The zero-order valence-electron chi connectivity index (χ0n) is 38.0. The average molecular weight is 862 g/mol. The number of hydrogen-bond acceptors (Lipinski definition) is 2. The van der Waals surface area contributed by atoms with E-state index in [2.05, 4.69) is 167 Å². The molecule has 0 spiro atoms. The van der Waals surface area contributed by atoms with Crippen LogP contribution in [0.4, 0.5) is 0 Å². The maximum absolute atomic E-state index is 5.25. The number of allylic oxidation sites excluding steroid dienone is 4. The molecule has 1 radical (unpaired) electrons. The van der Waals surface area contributed by atoms with Crippen LogP contribution in [-0.4, -0.2) is 36.6 Å². The van der Waals surface area contributed by atoms with Gasteiger partial charge >= 0.3 is 18.6 Å². The fraction of sp³-hybridized carbons (Fsp3) is 0.385. The van der Waals surface area contributed by atoms with Crippen molar-refractivity contribution in [1.29, 1.82) is 0 Å². The molecule has 2 aromatic carbocycles. The quantitative estimate of drug-likeness (QED) is 0.131. The third-order valence-electron chi connectivity index (χ3n) is 11.5. The van der Waals surface area contributed by atoms with Gasteiger partial charge in [0.25, 0.3) is 0 Å². The third kappa shape index (κ3) is 11.1. The molecule has 309 valence electrons. The van der Waals surface area contributed by atoms with Gasteiger partial charge in [-0.05, 0) is 104 Å². The number of hydrogen-bond donors (Lipinski definition) is 0. The summed E-state index contributed by atoms with van der Waals surface area (Å²) in [5.41, 5.74) is 19.1. The van der Waals surface area contributed by atoms with Crippen LogP contribution in [0.25, 0.3) is 44.4 Å². The van der Waals surface area contributed by atoms with Gasteiger partial charge in [0.05, 0.1) is 60.0 Å². The molecule has 2 aliphatic rings. The van der Waals surface area contributed by atoms with Gasteiger partial charge in [-0.15, -0.1) is 22.1 Å². The fourth-order valence-corrected chi connectivity index (χ4v) is 10.2. The van der Waals surface area contributed by atoms with Gasteiger partial charge < -0.3 is 9.97 Å². The first kappa shape index (κ1) is 48.2. The molecule has 3 aromatic heterocycles. The Bertz CT molecular complexity index is 2220. The molecular weight excluding hydrogens is 793 g/mol. The fourth-order valence-electron chi connectivity index (χ4n) is 8.47. The van der Waals surface area contributed by atoms with Crippen LogP contribution in [0.5, 0.6) is 0 Å². The minimum atomic E-state index is -0.212. The number of aromatic nitrogens is 4. The van der Waals surface area contributed by atoms with Crippen molar-refractivity contribution in [3.8, 4) is 0 Å². The summed E-state index contributed by atoms with van der Waals surface area (Å²) in [6.45, 7) is 27.2. The second kappa shape index (κ2) is 22.9. The van der Waals surface area contributed by atoms with E-state index in [1.165, 1.54) is 55.2 Å². The van der Waals surface area contributed by atoms with Gasteiger partial charge in [-0.2, -0.15) is 0 Å². The van der Waals surface area contributed by atoms with E-state index in [4.69, 9.17) is 19.9 Å². The minimum Gasteiger partial charge on any atom is -0.657 e. The molecule has 0 saturated carbocycles. The number of nitrogens with zero attached hydrogens (tertiary/aromatic N) is 4. The van der Waals surface area contributed by atoms with Gasteiger partial charge in [0.15, 0.2) is 0 Å². The van der Waals surface area contributed by atoms with Crippen LogP contribution in [-0.2, 0) is 44.2 Å².